The van der Waals surface area contributed by atoms with Gasteiger partial charge in [0.1, 0.15) is 5.82 Å². The Bertz CT molecular complexity index is 824. The molecule has 0 atom stereocenters. The molecule has 2 nitrogen and oxygen atoms in total. The van der Waals surface area contributed by atoms with Crippen molar-refractivity contribution in [3.05, 3.63) is 70.4 Å². The van der Waals surface area contributed by atoms with Crippen LogP contribution in [0, 0.1) is 11.6 Å². The van der Waals surface area contributed by atoms with Crippen molar-refractivity contribution < 1.29 is 18.0 Å². The molecule has 0 N–H and O–H groups in total. The Hall–Kier alpha value is -2.20. The first kappa shape index (κ1) is 12.8. The first-order chi connectivity index (χ1) is 9.56. The zero-order chi connectivity index (χ0) is 14.3. The predicted molar refractivity (Wildman–Crippen MR) is 71.0 cm³/mol. The van der Waals surface area contributed by atoms with E-state index in [1.165, 1.54) is 30.3 Å². The summed E-state index contributed by atoms with van der Waals surface area (Å²) in [6.45, 7) is 0. The van der Waals surface area contributed by atoms with Crippen LogP contribution in [0.5, 0.6) is 0 Å². The van der Waals surface area contributed by atoms with E-state index >= 15 is 0 Å². The molecular weight excluding hydrogens is 286 g/mol. The highest BCUT2D eigenvalue weighted by molar-refractivity contribution is 6.30. The Morgan fingerprint density at radius 2 is 1.85 bits per heavy atom. The summed E-state index contributed by atoms with van der Waals surface area (Å²) in [5, 5.41) is 0.637. The number of benzene rings is 2. The molecule has 1 aromatic heterocycles. The minimum atomic E-state index is -0.747. The van der Waals surface area contributed by atoms with Crippen LogP contribution < -0.4 is 0 Å². The van der Waals surface area contributed by atoms with Crippen molar-refractivity contribution in [3.63, 3.8) is 0 Å². The van der Waals surface area contributed by atoms with E-state index < -0.39 is 17.4 Å². The Morgan fingerprint density at radius 1 is 1.05 bits per heavy atom. The van der Waals surface area contributed by atoms with Gasteiger partial charge in [0.25, 0.3) is 0 Å². The van der Waals surface area contributed by atoms with Crippen molar-refractivity contribution >= 4 is 28.4 Å². The summed E-state index contributed by atoms with van der Waals surface area (Å²) in [5.41, 5.74) is -0.195. The monoisotopic (exact) mass is 292 g/mol. The van der Waals surface area contributed by atoms with Gasteiger partial charge in [-0.05, 0) is 30.3 Å². The molecule has 0 spiro atoms. The molecule has 0 aliphatic carbocycles. The van der Waals surface area contributed by atoms with Crippen LogP contribution in [0.2, 0.25) is 5.02 Å². The van der Waals surface area contributed by atoms with Gasteiger partial charge in [-0.1, -0.05) is 23.7 Å². The van der Waals surface area contributed by atoms with E-state index in [9.17, 15) is 13.6 Å². The summed E-state index contributed by atoms with van der Waals surface area (Å²) in [6.07, 6.45) is 0. The maximum atomic E-state index is 13.7. The standard InChI is InChI=1S/C15H7ClF2O2/c16-9-4-5-10(12(18)7-9)14(19)13-6-8-2-1-3-11(17)15(8)20-13/h1-7H. The highest BCUT2D eigenvalue weighted by Gasteiger charge is 2.19. The van der Waals surface area contributed by atoms with Gasteiger partial charge in [0, 0.05) is 10.4 Å². The fourth-order valence-corrected chi connectivity index (χ4v) is 2.10. The van der Waals surface area contributed by atoms with Crippen LogP contribution in [0.4, 0.5) is 8.78 Å². The average molecular weight is 293 g/mol. The molecule has 0 radical (unpaired) electrons. The fourth-order valence-electron chi connectivity index (χ4n) is 1.95. The second-order valence-corrected chi connectivity index (χ2v) is 4.66. The molecule has 0 aliphatic heterocycles. The summed E-state index contributed by atoms with van der Waals surface area (Å²) >= 11 is 5.63. The number of furan rings is 1. The van der Waals surface area contributed by atoms with Crippen molar-refractivity contribution in [1.29, 1.82) is 0 Å². The third-order valence-electron chi connectivity index (χ3n) is 2.90. The zero-order valence-corrected chi connectivity index (χ0v) is 10.7. The molecule has 0 saturated carbocycles. The lowest BCUT2D eigenvalue weighted by atomic mass is 10.1. The lowest BCUT2D eigenvalue weighted by Crippen LogP contribution is -2.02. The average Bonchev–Trinajstić information content (AvgIpc) is 2.83. The van der Waals surface area contributed by atoms with Gasteiger partial charge in [0.15, 0.2) is 17.2 Å². The molecule has 20 heavy (non-hydrogen) atoms. The molecule has 1 heterocycles. The number of hydrogen-bond acceptors (Lipinski definition) is 2. The lowest BCUT2D eigenvalue weighted by Gasteiger charge is -2.00. The van der Waals surface area contributed by atoms with E-state index in [4.69, 9.17) is 16.0 Å². The molecule has 0 fully saturated rings. The number of carbonyl (C=O) groups is 1. The Labute approximate surface area is 117 Å². The number of rotatable bonds is 2. The van der Waals surface area contributed by atoms with Crippen LogP contribution in [0.15, 0.2) is 46.9 Å². The van der Waals surface area contributed by atoms with Crippen LogP contribution >= 0.6 is 11.6 Å². The topological polar surface area (TPSA) is 30.2 Å². The molecule has 0 saturated heterocycles. The van der Waals surface area contributed by atoms with Gasteiger partial charge in [-0.15, -0.1) is 0 Å². The van der Waals surface area contributed by atoms with Gasteiger partial charge in [-0.25, -0.2) is 8.78 Å². The highest BCUT2D eigenvalue weighted by Crippen LogP contribution is 2.25. The molecule has 3 aromatic rings. The van der Waals surface area contributed by atoms with Crippen molar-refractivity contribution in [3.8, 4) is 0 Å². The van der Waals surface area contributed by atoms with Crippen LogP contribution in [0.25, 0.3) is 11.0 Å². The van der Waals surface area contributed by atoms with E-state index in [1.807, 2.05) is 0 Å². The number of ketones is 1. The SMILES string of the molecule is O=C(c1cc2cccc(F)c2o1)c1ccc(Cl)cc1F. The Kier molecular flexibility index (Phi) is 3.03. The van der Waals surface area contributed by atoms with E-state index in [0.717, 1.165) is 6.07 Å². The van der Waals surface area contributed by atoms with Crippen LogP contribution in [-0.2, 0) is 0 Å². The third kappa shape index (κ3) is 2.08. The summed E-state index contributed by atoms with van der Waals surface area (Å²) in [4.78, 5) is 12.2. The van der Waals surface area contributed by atoms with Gasteiger partial charge in [0.2, 0.25) is 5.78 Å². The summed E-state index contributed by atoms with van der Waals surface area (Å²) in [6, 6.07) is 9.43. The maximum absolute atomic E-state index is 13.7. The molecule has 0 unspecified atom stereocenters. The van der Waals surface area contributed by atoms with E-state index in [2.05, 4.69) is 0 Å². The number of hydrogen-bond donors (Lipinski definition) is 0. The minimum Gasteiger partial charge on any atom is -0.449 e. The number of para-hydroxylation sites is 1. The van der Waals surface area contributed by atoms with E-state index in [-0.39, 0.29) is 21.9 Å². The van der Waals surface area contributed by atoms with Gasteiger partial charge < -0.3 is 4.42 Å². The van der Waals surface area contributed by atoms with Crippen molar-refractivity contribution in [1.82, 2.24) is 0 Å². The van der Waals surface area contributed by atoms with Crippen molar-refractivity contribution in [2.75, 3.05) is 0 Å². The second-order valence-electron chi connectivity index (χ2n) is 4.22. The fraction of sp³-hybridized carbons (Fsp3) is 0. The highest BCUT2D eigenvalue weighted by atomic mass is 35.5. The molecule has 2 aromatic carbocycles. The van der Waals surface area contributed by atoms with Gasteiger partial charge in [-0.2, -0.15) is 0 Å². The van der Waals surface area contributed by atoms with Gasteiger partial charge >= 0.3 is 0 Å². The van der Waals surface area contributed by atoms with E-state index in [1.54, 1.807) is 6.07 Å². The van der Waals surface area contributed by atoms with E-state index in [0.29, 0.717) is 5.39 Å². The van der Waals surface area contributed by atoms with Crippen LogP contribution in [0.3, 0.4) is 0 Å². The number of halogens is 3. The lowest BCUT2D eigenvalue weighted by molar-refractivity contribution is 0.101. The summed E-state index contributed by atoms with van der Waals surface area (Å²) in [7, 11) is 0. The predicted octanol–water partition coefficient (Wildman–Crippen LogP) is 4.60. The first-order valence-corrected chi connectivity index (χ1v) is 6.12. The minimum absolute atomic E-state index is 0.0229. The molecule has 0 aliphatic rings. The Morgan fingerprint density at radius 3 is 2.55 bits per heavy atom. The molecule has 0 bridgehead atoms. The molecule has 3 rings (SSSR count). The maximum Gasteiger partial charge on any atom is 0.231 e. The smallest absolute Gasteiger partial charge is 0.231 e. The summed E-state index contributed by atoms with van der Waals surface area (Å²) in [5.74, 6) is -2.09. The molecule has 5 heteroatoms. The van der Waals surface area contributed by atoms with Crippen LogP contribution in [0.1, 0.15) is 16.1 Å². The normalized spacial score (nSPS) is 10.9. The summed E-state index contributed by atoms with van der Waals surface area (Å²) < 4.78 is 32.4. The number of carbonyl (C=O) groups excluding carboxylic acids is 1. The number of fused-ring (bicyclic) bond motifs is 1. The largest absolute Gasteiger partial charge is 0.449 e. The zero-order valence-electron chi connectivity index (χ0n) is 9.99. The van der Waals surface area contributed by atoms with Crippen molar-refractivity contribution in [2.24, 2.45) is 0 Å². The third-order valence-corrected chi connectivity index (χ3v) is 3.13. The first-order valence-electron chi connectivity index (χ1n) is 5.74. The second kappa shape index (κ2) is 4.72. The quantitative estimate of drug-likeness (QED) is 0.646. The molecule has 100 valence electrons. The molecule has 0 amide bonds. The van der Waals surface area contributed by atoms with Crippen molar-refractivity contribution in [2.45, 2.75) is 0 Å². The van der Waals surface area contributed by atoms with Gasteiger partial charge in [-0.3, -0.25) is 4.79 Å². The molecular formula is C15H7ClF2O2. The Balaban J connectivity index is 2.10. The van der Waals surface area contributed by atoms with Gasteiger partial charge in [0.05, 0.1) is 5.56 Å². The van der Waals surface area contributed by atoms with Crippen LogP contribution in [-0.4, -0.2) is 5.78 Å².